The summed E-state index contributed by atoms with van der Waals surface area (Å²) in [5.74, 6) is -2.45. The fraction of sp³-hybridized carbons (Fsp3) is 0.125. The third kappa shape index (κ3) is 5.62. The molecule has 3 amide bonds. The van der Waals surface area contributed by atoms with Crippen molar-refractivity contribution in [3.63, 3.8) is 0 Å². The van der Waals surface area contributed by atoms with Gasteiger partial charge in [0, 0.05) is 34.9 Å². The second kappa shape index (κ2) is 8.39. The van der Waals surface area contributed by atoms with E-state index in [0.29, 0.717) is 5.69 Å². The molecule has 0 saturated carbocycles. The van der Waals surface area contributed by atoms with E-state index in [1.54, 1.807) is 24.3 Å². The molecule has 0 bridgehead atoms. The molecule has 5 nitrogen and oxygen atoms in total. The summed E-state index contributed by atoms with van der Waals surface area (Å²) in [6, 6.07) is 9.63. The summed E-state index contributed by atoms with van der Waals surface area (Å²) in [4.78, 5) is 23.3. The number of anilines is 2. The molecule has 0 aromatic heterocycles. The number of rotatable bonds is 5. The van der Waals surface area contributed by atoms with E-state index in [0.717, 1.165) is 16.6 Å². The van der Waals surface area contributed by atoms with Crippen LogP contribution >= 0.6 is 15.9 Å². The second-order valence-electron chi connectivity index (χ2n) is 4.81. The number of nitrogens with one attached hydrogen (secondary N) is 3. The smallest absolute Gasteiger partial charge is 0.319 e. The van der Waals surface area contributed by atoms with Crippen LogP contribution in [0.2, 0.25) is 0 Å². The predicted molar refractivity (Wildman–Crippen MR) is 90.8 cm³/mol. The minimum absolute atomic E-state index is 0.00719. The Kier molecular flexibility index (Phi) is 6.25. The summed E-state index contributed by atoms with van der Waals surface area (Å²) in [6.45, 7) is 0.0951. The molecule has 2 aromatic carbocycles. The molecule has 0 radical (unpaired) electrons. The van der Waals surface area contributed by atoms with E-state index in [4.69, 9.17) is 0 Å². The maximum absolute atomic E-state index is 13.0. The predicted octanol–water partition coefficient (Wildman–Crippen LogP) is 3.88. The average Bonchev–Trinajstić information content (AvgIpc) is 2.53. The van der Waals surface area contributed by atoms with Gasteiger partial charge in [0.15, 0.2) is 11.6 Å². The first kappa shape index (κ1) is 17.9. The van der Waals surface area contributed by atoms with E-state index >= 15 is 0 Å². The molecule has 2 rings (SSSR count). The van der Waals surface area contributed by atoms with Gasteiger partial charge in [-0.15, -0.1) is 0 Å². The number of halogens is 3. The highest BCUT2D eigenvalue weighted by Crippen LogP contribution is 2.14. The highest BCUT2D eigenvalue weighted by molar-refractivity contribution is 9.10. The van der Waals surface area contributed by atoms with Crippen molar-refractivity contribution in [1.29, 1.82) is 0 Å². The Bertz CT molecular complexity index is 739. The Morgan fingerprint density at radius 3 is 2.25 bits per heavy atom. The molecule has 2 aromatic rings. The third-order valence-corrected chi connectivity index (χ3v) is 3.47. The maximum Gasteiger partial charge on any atom is 0.319 e. The molecule has 126 valence electrons. The molecule has 0 aliphatic carbocycles. The zero-order valence-electron chi connectivity index (χ0n) is 12.4. The number of hydrogen-bond donors (Lipinski definition) is 3. The van der Waals surface area contributed by atoms with Gasteiger partial charge >= 0.3 is 6.03 Å². The number of hydrogen-bond acceptors (Lipinski definition) is 2. The minimum atomic E-state index is -1.04. The van der Waals surface area contributed by atoms with Crippen LogP contribution in [0.1, 0.15) is 6.42 Å². The molecule has 3 N–H and O–H groups in total. The first-order valence-electron chi connectivity index (χ1n) is 6.99. The molecular weight excluding hydrogens is 384 g/mol. The molecule has 0 heterocycles. The largest absolute Gasteiger partial charge is 0.337 e. The van der Waals surface area contributed by atoms with Gasteiger partial charge in [-0.05, 0) is 36.4 Å². The van der Waals surface area contributed by atoms with Crippen LogP contribution in [-0.4, -0.2) is 18.5 Å². The lowest BCUT2D eigenvalue weighted by atomic mass is 10.3. The van der Waals surface area contributed by atoms with Gasteiger partial charge in [0.25, 0.3) is 0 Å². The molecule has 8 heteroatoms. The molecule has 0 atom stereocenters. The van der Waals surface area contributed by atoms with Crippen LogP contribution in [0.5, 0.6) is 0 Å². The second-order valence-corrected chi connectivity index (χ2v) is 5.73. The third-order valence-electron chi connectivity index (χ3n) is 2.94. The first-order valence-corrected chi connectivity index (χ1v) is 7.78. The van der Waals surface area contributed by atoms with Gasteiger partial charge in [0.05, 0.1) is 0 Å². The Morgan fingerprint density at radius 2 is 1.58 bits per heavy atom. The monoisotopic (exact) mass is 397 g/mol. The summed E-state index contributed by atoms with van der Waals surface area (Å²) in [6.07, 6.45) is -0.00719. The molecule has 0 fully saturated rings. The van der Waals surface area contributed by atoms with E-state index in [1.807, 2.05) is 0 Å². The van der Waals surface area contributed by atoms with Gasteiger partial charge in [-0.3, -0.25) is 4.79 Å². The molecule has 0 spiro atoms. The summed E-state index contributed by atoms with van der Waals surface area (Å²) < 4.78 is 26.7. The number of amides is 3. The van der Waals surface area contributed by atoms with Crippen molar-refractivity contribution in [3.05, 3.63) is 58.6 Å². The van der Waals surface area contributed by atoms with Crippen molar-refractivity contribution < 1.29 is 18.4 Å². The van der Waals surface area contributed by atoms with Crippen molar-refractivity contribution in [1.82, 2.24) is 5.32 Å². The van der Waals surface area contributed by atoms with Gasteiger partial charge in [0.1, 0.15) is 0 Å². The van der Waals surface area contributed by atoms with Gasteiger partial charge in [-0.2, -0.15) is 0 Å². The summed E-state index contributed by atoms with van der Waals surface area (Å²) in [5, 5.41) is 7.56. The highest BCUT2D eigenvalue weighted by Gasteiger charge is 2.07. The van der Waals surface area contributed by atoms with Crippen molar-refractivity contribution in [2.24, 2.45) is 0 Å². The van der Waals surface area contributed by atoms with E-state index < -0.39 is 23.6 Å². The normalized spacial score (nSPS) is 10.1. The van der Waals surface area contributed by atoms with E-state index in [-0.39, 0.29) is 18.7 Å². The van der Waals surface area contributed by atoms with Crippen LogP contribution in [0.3, 0.4) is 0 Å². The van der Waals surface area contributed by atoms with Crippen LogP contribution in [0.25, 0.3) is 0 Å². The SMILES string of the molecule is O=C(CCNC(=O)Nc1ccc(Br)cc1)Nc1ccc(F)c(F)c1. The van der Waals surface area contributed by atoms with E-state index in [1.165, 1.54) is 6.07 Å². The molecule has 0 aliphatic rings. The maximum atomic E-state index is 13.0. The number of benzene rings is 2. The van der Waals surface area contributed by atoms with Crippen molar-refractivity contribution >= 4 is 39.2 Å². The van der Waals surface area contributed by atoms with E-state index in [2.05, 4.69) is 31.9 Å². The van der Waals surface area contributed by atoms with Gasteiger partial charge in [0.2, 0.25) is 5.91 Å². The molecule has 24 heavy (non-hydrogen) atoms. The zero-order chi connectivity index (χ0) is 17.5. The Morgan fingerprint density at radius 1 is 0.917 bits per heavy atom. The van der Waals surface area contributed by atoms with Crippen LogP contribution in [0.15, 0.2) is 46.9 Å². The summed E-state index contributed by atoms with van der Waals surface area (Å²) in [7, 11) is 0. The van der Waals surface area contributed by atoms with Gasteiger partial charge < -0.3 is 16.0 Å². The Hall–Kier alpha value is -2.48. The number of carbonyl (C=O) groups is 2. The Balaban J connectivity index is 1.72. The Labute approximate surface area is 145 Å². The first-order chi connectivity index (χ1) is 11.4. The lowest BCUT2D eigenvalue weighted by Crippen LogP contribution is -2.31. The van der Waals surface area contributed by atoms with E-state index in [9.17, 15) is 18.4 Å². The fourth-order valence-electron chi connectivity index (χ4n) is 1.80. The lowest BCUT2D eigenvalue weighted by Gasteiger charge is -2.08. The average molecular weight is 398 g/mol. The molecule has 0 unspecified atom stereocenters. The van der Waals surface area contributed by atoms with Gasteiger partial charge in [-0.1, -0.05) is 15.9 Å². The highest BCUT2D eigenvalue weighted by atomic mass is 79.9. The van der Waals surface area contributed by atoms with Gasteiger partial charge in [-0.25, -0.2) is 13.6 Å². The lowest BCUT2D eigenvalue weighted by molar-refractivity contribution is -0.116. The summed E-state index contributed by atoms with van der Waals surface area (Å²) >= 11 is 3.29. The van der Waals surface area contributed by atoms with Crippen LogP contribution < -0.4 is 16.0 Å². The van der Waals surface area contributed by atoms with Crippen molar-refractivity contribution in [2.45, 2.75) is 6.42 Å². The molecular formula is C16H14BrF2N3O2. The number of urea groups is 1. The van der Waals surface area contributed by atoms with Crippen molar-refractivity contribution in [3.8, 4) is 0 Å². The number of carbonyl (C=O) groups excluding carboxylic acids is 2. The zero-order valence-corrected chi connectivity index (χ0v) is 14.0. The van der Waals surface area contributed by atoms with Crippen LogP contribution in [0.4, 0.5) is 25.0 Å². The summed E-state index contributed by atoms with van der Waals surface area (Å²) in [5.41, 5.74) is 0.764. The van der Waals surface area contributed by atoms with Crippen LogP contribution in [-0.2, 0) is 4.79 Å². The van der Waals surface area contributed by atoms with Crippen LogP contribution in [0, 0.1) is 11.6 Å². The quantitative estimate of drug-likeness (QED) is 0.716. The molecule has 0 saturated heterocycles. The fourth-order valence-corrected chi connectivity index (χ4v) is 2.06. The standard InChI is InChI=1S/C16H14BrF2N3O2/c17-10-1-3-11(4-2-10)22-16(24)20-8-7-15(23)21-12-5-6-13(18)14(19)9-12/h1-6,9H,7-8H2,(H,21,23)(H2,20,22,24). The molecule has 0 aliphatic heterocycles. The topological polar surface area (TPSA) is 70.2 Å². The van der Waals surface area contributed by atoms with Crippen molar-refractivity contribution in [2.75, 3.05) is 17.2 Å². The minimum Gasteiger partial charge on any atom is -0.337 e.